The molecule has 29 heavy (non-hydrogen) atoms. The molecular weight excluding hydrogens is 386 g/mol. The van der Waals surface area contributed by atoms with Crippen LogP contribution in [-0.4, -0.2) is 55.7 Å². The molecule has 0 unspecified atom stereocenters. The number of nitrogens with one attached hydrogen (secondary N) is 1. The van der Waals surface area contributed by atoms with E-state index in [0.29, 0.717) is 19.4 Å². The summed E-state index contributed by atoms with van der Waals surface area (Å²) in [5.41, 5.74) is -0.984. The Labute approximate surface area is 168 Å². The Bertz CT molecular complexity index is 758. The van der Waals surface area contributed by atoms with Crippen molar-refractivity contribution < 1.29 is 32.6 Å². The average Bonchev–Trinajstić information content (AvgIpc) is 2.69. The molecule has 7 nitrogen and oxygen atoms in total. The van der Waals surface area contributed by atoms with Crippen LogP contribution in [0.15, 0.2) is 18.2 Å². The van der Waals surface area contributed by atoms with Gasteiger partial charge in [0.25, 0.3) is 0 Å². The van der Waals surface area contributed by atoms with Gasteiger partial charge in [0.05, 0.1) is 18.6 Å². The second-order valence-corrected chi connectivity index (χ2v) is 6.90. The van der Waals surface area contributed by atoms with Crippen molar-refractivity contribution in [2.24, 2.45) is 5.41 Å². The first-order valence-corrected chi connectivity index (χ1v) is 9.61. The number of urea groups is 1. The molecule has 1 atom stereocenters. The van der Waals surface area contributed by atoms with Crippen molar-refractivity contribution in [2.75, 3.05) is 32.8 Å². The number of likely N-dealkylation sites (tertiary alicyclic amines) is 1. The molecule has 2 amide bonds. The van der Waals surface area contributed by atoms with Crippen molar-refractivity contribution in [3.8, 4) is 0 Å². The predicted octanol–water partition coefficient (Wildman–Crippen LogP) is 2.43. The van der Waals surface area contributed by atoms with Crippen LogP contribution in [0.5, 0.6) is 0 Å². The van der Waals surface area contributed by atoms with Crippen molar-refractivity contribution >= 4 is 18.0 Å². The van der Waals surface area contributed by atoms with E-state index in [2.05, 4.69) is 5.32 Å². The molecule has 9 heteroatoms. The molecule has 0 aromatic heterocycles. The molecular formula is C20H26F2N2O5. The molecule has 1 heterocycles. The molecule has 0 radical (unpaired) electrons. The summed E-state index contributed by atoms with van der Waals surface area (Å²) in [5.74, 6) is -2.56. The van der Waals surface area contributed by atoms with Gasteiger partial charge in [-0.15, -0.1) is 0 Å². The van der Waals surface area contributed by atoms with E-state index in [1.165, 1.54) is 11.0 Å². The lowest BCUT2D eigenvalue weighted by molar-refractivity contribution is -0.158. The van der Waals surface area contributed by atoms with Crippen LogP contribution in [0.2, 0.25) is 0 Å². The normalized spacial score (nSPS) is 18.8. The van der Waals surface area contributed by atoms with E-state index in [-0.39, 0.29) is 38.3 Å². The summed E-state index contributed by atoms with van der Waals surface area (Å²) in [6.07, 6.45) is 0.859. The van der Waals surface area contributed by atoms with Gasteiger partial charge >= 0.3 is 18.0 Å². The third-order valence-electron chi connectivity index (χ3n) is 4.81. The van der Waals surface area contributed by atoms with Crippen LogP contribution in [0.3, 0.4) is 0 Å². The lowest BCUT2D eigenvalue weighted by Crippen LogP contribution is -2.54. The molecule has 1 aliphatic rings. The second-order valence-electron chi connectivity index (χ2n) is 6.90. The van der Waals surface area contributed by atoms with Gasteiger partial charge < -0.3 is 19.7 Å². The number of nitrogens with zero attached hydrogens (tertiary/aromatic N) is 1. The van der Waals surface area contributed by atoms with E-state index in [4.69, 9.17) is 9.47 Å². The van der Waals surface area contributed by atoms with Gasteiger partial charge in [-0.25, -0.2) is 13.6 Å². The molecule has 1 fully saturated rings. The van der Waals surface area contributed by atoms with E-state index in [0.717, 1.165) is 12.1 Å². The summed E-state index contributed by atoms with van der Waals surface area (Å²) >= 11 is 0. The van der Waals surface area contributed by atoms with Crippen LogP contribution in [-0.2, 0) is 25.5 Å². The molecule has 0 spiro atoms. The Morgan fingerprint density at radius 2 is 1.90 bits per heavy atom. The third-order valence-corrected chi connectivity index (χ3v) is 4.81. The molecule has 2 rings (SSSR count). The summed E-state index contributed by atoms with van der Waals surface area (Å²) in [7, 11) is 0. The van der Waals surface area contributed by atoms with Crippen LogP contribution >= 0.6 is 0 Å². The molecule has 1 aromatic carbocycles. The van der Waals surface area contributed by atoms with Gasteiger partial charge in [0.2, 0.25) is 0 Å². The molecule has 0 bridgehead atoms. The largest absolute Gasteiger partial charge is 0.466 e. The van der Waals surface area contributed by atoms with Crippen LogP contribution in [0.1, 0.15) is 32.3 Å². The van der Waals surface area contributed by atoms with Crippen LogP contribution in [0, 0.1) is 17.0 Å². The molecule has 160 valence electrons. The first-order chi connectivity index (χ1) is 13.8. The summed E-state index contributed by atoms with van der Waals surface area (Å²) in [5, 5.41) is 2.47. The third kappa shape index (κ3) is 5.88. The Kier molecular flexibility index (Phi) is 7.92. The van der Waals surface area contributed by atoms with E-state index in [1.807, 2.05) is 0 Å². The fraction of sp³-hybridized carbons (Fsp3) is 0.550. The zero-order chi connectivity index (χ0) is 21.4. The van der Waals surface area contributed by atoms with E-state index in [1.54, 1.807) is 13.8 Å². The van der Waals surface area contributed by atoms with Crippen LogP contribution < -0.4 is 5.32 Å². The van der Waals surface area contributed by atoms with E-state index in [9.17, 15) is 23.2 Å². The van der Waals surface area contributed by atoms with Gasteiger partial charge in [-0.05, 0) is 44.7 Å². The highest BCUT2D eigenvalue weighted by molar-refractivity contribution is 5.83. The van der Waals surface area contributed by atoms with Gasteiger partial charge in [0, 0.05) is 19.2 Å². The van der Waals surface area contributed by atoms with Gasteiger partial charge in [-0.3, -0.25) is 9.59 Å². The van der Waals surface area contributed by atoms with Crippen molar-refractivity contribution in [2.45, 2.75) is 33.1 Å². The summed E-state index contributed by atoms with van der Waals surface area (Å²) < 4.78 is 37.5. The number of amides is 2. The molecule has 1 N–H and O–H groups in total. The lowest BCUT2D eigenvalue weighted by Gasteiger charge is -2.41. The topological polar surface area (TPSA) is 84.9 Å². The minimum absolute atomic E-state index is 0.00267. The zero-order valence-electron chi connectivity index (χ0n) is 16.6. The predicted molar refractivity (Wildman–Crippen MR) is 100.0 cm³/mol. The quantitative estimate of drug-likeness (QED) is 0.696. The number of piperidine rings is 1. The molecule has 1 aromatic rings. The standard InChI is InChI=1S/C20H26F2N2O5/c1-3-28-17(25)12-23-19(27)24-9-5-8-20(13-24,18(26)29-4-2)11-14-6-7-15(21)10-16(14)22/h6-7,10H,3-5,8-9,11-13H2,1-2H3,(H,23,27)/t20-/m1/s1. The highest BCUT2D eigenvalue weighted by Gasteiger charge is 2.45. The van der Waals surface area contributed by atoms with Gasteiger partial charge in [0.1, 0.15) is 18.2 Å². The lowest BCUT2D eigenvalue weighted by atomic mass is 9.75. The first-order valence-electron chi connectivity index (χ1n) is 9.61. The monoisotopic (exact) mass is 412 g/mol. The highest BCUT2D eigenvalue weighted by Crippen LogP contribution is 2.36. The Morgan fingerprint density at radius 1 is 1.17 bits per heavy atom. The fourth-order valence-electron chi connectivity index (χ4n) is 3.47. The van der Waals surface area contributed by atoms with Crippen molar-refractivity contribution in [3.05, 3.63) is 35.4 Å². The van der Waals surface area contributed by atoms with Crippen LogP contribution in [0.4, 0.5) is 13.6 Å². The minimum Gasteiger partial charge on any atom is -0.466 e. The number of rotatable bonds is 7. The minimum atomic E-state index is -1.16. The smallest absolute Gasteiger partial charge is 0.325 e. The summed E-state index contributed by atoms with van der Waals surface area (Å²) in [6, 6.07) is 2.67. The average molecular weight is 412 g/mol. The Hall–Kier alpha value is -2.71. The Balaban J connectivity index is 2.18. The zero-order valence-corrected chi connectivity index (χ0v) is 16.6. The SMILES string of the molecule is CCOC(=O)CNC(=O)N1CCC[C@](Cc2ccc(F)cc2F)(C(=O)OCC)C1. The van der Waals surface area contributed by atoms with Crippen molar-refractivity contribution in [3.63, 3.8) is 0 Å². The molecule has 1 aliphatic heterocycles. The summed E-state index contributed by atoms with van der Waals surface area (Å²) in [6.45, 7) is 3.75. The molecule has 0 saturated carbocycles. The Morgan fingerprint density at radius 3 is 2.55 bits per heavy atom. The number of hydrogen-bond donors (Lipinski definition) is 1. The number of halogens is 2. The van der Waals surface area contributed by atoms with Gasteiger partial charge in [0.15, 0.2) is 0 Å². The van der Waals surface area contributed by atoms with Crippen molar-refractivity contribution in [1.29, 1.82) is 0 Å². The number of carbonyl (C=O) groups is 3. The number of hydrogen-bond acceptors (Lipinski definition) is 5. The van der Waals surface area contributed by atoms with E-state index < -0.39 is 35.0 Å². The maximum atomic E-state index is 14.2. The number of ether oxygens (including phenoxy) is 2. The highest BCUT2D eigenvalue weighted by atomic mass is 19.1. The molecule has 1 saturated heterocycles. The fourth-order valence-corrected chi connectivity index (χ4v) is 3.47. The van der Waals surface area contributed by atoms with E-state index >= 15 is 0 Å². The van der Waals surface area contributed by atoms with Crippen molar-refractivity contribution in [1.82, 2.24) is 10.2 Å². The summed E-state index contributed by atoms with van der Waals surface area (Å²) in [4.78, 5) is 38.1. The number of esters is 2. The second kappa shape index (κ2) is 10.2. The van der Waals surface area contributed by atoms with Gasteiger partial charge in [-0.2, -0.15) is 0 Å². The maximum Gasteiger partial charge on any atom is 0.325 e. The van der Waals surface area contributed by atoms with Crippen LogP contribution in [0.25, 0.3) is 0 Å². The number of benzene rings is 1. The number of carbonyl (C=O) groups excluding carboxylic acids is 3. The molecule has 0 aliphatic carbocycles. The maximum absolute atomic E-state index is 14.2. The first kappa shape index (κ1) is 22.6. The van der Waals surface area contributed by atoms with Gasteiger partial charge in [-0.1, -0.05) is 6.07 Å².